The number of ether oxygens (including phenoxy) is 1. The third-order valence-electron chi connectivity index (χ3n) is 5.46. The van der Waals surface area contributed by atoms with E-state index in [0.717, 1.165) is 38.8 Å². The van der Waals surface area contributed by atoms with E-state index in [2.05, 4.69) is 55.3 Å². The molecular formula is C19H30N2O. The van der Waals surface area contributed by atoms with Crippen molar-refractivity contribution < 1.29 is 4.74 Å². The third-order valence-corrected chi connectivity index (χ3v) is 5.46. The normalized spacial score (nSPS) is 26.7. The zero-order valence-electron chi connectivity index (χ0n) is 14.3. The highest BCUT2D eigenvalue weighted by Gasteiger charge is 2.34. The van der Waals surface area contributed by atoms with Gasteiger partial charge in [-0.2, -0.15) is 0 Å². The van der Waals surface area contributed by atoms with Gasteiger partial charge in [-0.1, -0.05) is 24.3 Å². The van der Waals surface area contributed by atoms with Gasteiger partial charge in [-0.05, 0) is 50.7 Å². The summed E-state index contributed by atoms with van der Waals surface area (Å²) in [7, 11) is 0. The summed E-state index contributed by atoms with van der Waals surface area (Å²) in [5, 5.41) is 3.79. The van der Waals surface area contributed by atoms with Gasteiger partial charge in [0.2, 0.25) is 0 Å². The molecule has 1 aliphatic carbocycles. The molecule has 0 unspecified atom stereocenters. The van der Waals surface area contributed by atoms with Gasteiger partial charge in [0.15, 0.2) is 0 Å². The quantitative estimate of drug-likeness (QED) is 0.905. The zero-order valence-corrected chi connectivity index (χ0v) is 14.3. The SMILES string of the molecule is Cc1ccccc1C1CC(NCC(C)(C)N2CCOCC2)C1. The van der Waals surface area contributed by atoms with E-state index in [1.165, 1.54) is 18.4 Å². The molecule has 1 heterocycles. The maximum Gasteiger partial charge on any atom is 0.0594 e. The molecule has 1 saturated carbocycles. The number of rotatable bonds is 5. The van der Waals surface area contributed by atoms with Crippen molar-refractivity contribution in [3.05, 3.63) is 35.4 Å². The molecule has 1 saturated heterocycles. The molecule has 0 spiro atoms. The first-order valence-electron chi connectivity index (χ1n) is 8.68. The molecule has 3 heteroatoms. The molecule has 0 atom stereocenters. The Morgan fingerprint density at radius 3 is 2.55 bits per heavy atom. The standard InChI is InChI=1S/C19H30N2O/c1-15-6-4-5-7-18(15)16-12-17(13-16)20-14-19(2,3)21-8-10-22-11-9-21/h4-7,16-17,20H,8-14H2,1-3H3. The van der Waals surface area contributed by atoms with Crippen LogP contribution >= 0.6 is 0 Å². The Morgan fingerprint density at radius 1 is 1.18 bits per heavy atom. The van der Waals surface area contributed by atoms with Gasteiger partial charge in [0.25, 0.3) is 0 Å². The van der Waals surface area contributed by atoms with Crippen LogP contribution in [0.5, 0.6) is 0 Å². The second-order valence-corrected chi connectivity index (χ2v) is 7.51. The first-order valence-corrected chi connectivity index (χ1v) is 8.68. The summed E-state index contributed by atoms with van der Waals surface area (Å²) in [6.45, 7) is 11.9. The molecule has 122 valence electrons. The topological polar surface area (TPSA) is 24.5 Å². The van der Waals surface area contributed by atoms with Gasteiger partial charge >= 0.3 is 0 Å². The summed E-state index contributed by atoms with van der Waals surface area (Å²) in [5.74, 6) is 0.755. The second-order valence-electron chi connectivity index (χ2n) is 7.51. The minimum absolute atomic E-state index is 0.220. The van der Waals surface area contributed by atoms with Crippen LogP contribution in [0.3, 0.4) is 0 Å². The Labute approximate surface area is 135 Å². The average molecular weight is 302 g/mol. The Balaban J connectivity index is 1.45. The zero-order chi connectivity index (χ0) is 15.6. The van der Waals surface area contributed by atoms with Crippen LogP contribution in [-0.4, -0.2) is 49.3 Å². The number of aryl methyl sites for hydroxylation is 1. The van der Waals surface area contributed by atoms with Crippen LogP contribution in [0.15, 0.2) is 24.3 Å². The summed E-state index contributed by atoms with van der Waals surface area (Å²) < 4.78 is 5.46. The summed E-state index contributed by atoms with van der Waals surface area (Å²) in [4.78, 5) is 2.56. The monoisotopic (exact) mass is 302 g/mol. The molecule has 22 heavy (non-hydrogen) atoms. The van der Waals surface area contributed by atoms with E-state index in [1.807, 2.05) is 0 Å². The minimum Gasteiger partial charge on any atom is -0.379 e. The lowest BCUT2D eigenvalue weighted by Crippen LogP contribution is -2.57. The molecule has 0 bridgehead atoms. The molecular weight excluding hydrogens is 272 g/mol. The van der Waals surface area contributed by atoms with Crippen molar-refractivity contribution in [3.8, 4) is 0 Å². The number of benzene rings is 1. The van der Waals surface area contributed by atoms with Crippen LogP contribution in [0.25, 0.3) is 0 Å². The highest BCUT2D eigenvalue weighted by atomic mass is 16.5. The Morgan fingerprint density at radius 2 is 1.86 bits per heavy atom. The largest absolute Gasteiger partial charge is 0.379 e. The van der Waals surface area contributed by atoms with Gasteiger partial charge in [-0.3, -0.25) is 4.90 Å². The molecule has 1 aromatic carbocycles. The van der Waals surface area contributed by atoms with Crippen molar-refractivity contribution in [1.82, 2.24) is 10.2 Å². The number of nitrogens with one attached hydrogen (secondary N) is 1. The number of hydrogen-bond donors (Lipinski definition) is 1. The predicted molar refractivity (Wildman–Crippen MR) is 91.4 cm³/mol. The van der Waals surface area contributed by atoms with E-state index in [4.69, 9.17) is 4.74 Å². The Bertz CT molecular complexity index is 488. The fourth-order valence-electron chi connectivity index (χ4n) is 3.76. The van der Waals surface area contributed by atoms with Gasteiger partial charge in [0.05, 0.1) is 13.2 Å². The Hall–Kier alpha value is -0.900. The van der Waals surface area contributed by atoms with Gasteiger partial charge in [0.1, 0.15) is 0 Å². The van der Waals surface area contributed by atoms with E-state index in [0.29, 0.717) is 6.04 Å². The predicted octanol–water partition coefficient (Wildman–Crippen LogP) is 2.94. The van der Waals surface area contributed by atoms with Crippen LogP contribution < -0.4 is 5.32 Å². The van der Waals surface area contributed by atoms with E-state index < -0.39 is 0 Å². The molecule has 3 nitrogen and oxygen atoms in total. The number of hydrogen-bond acceptors (Lipinski definition) is 3. The smallest absolute Gasteiger partial charge is 0.0594 e. The van der Waals surface area contributed by atoms with Gasteiger partial charge in [-0.25, -0.2) is 0 Å². The second kappa shape index (κ2) is 6.69. The van der Waals surface area contributed by atoms with Crippen LogP contribution in [0, 0.1) is 6.92 Å². The van der Waals surface area contributed by atoms with E-state index in [9.17, 15) is 0 Å². The third kappa shape index (κ3) is 3.53. The summed E-state index contributed by atoms with van der Waals surface area (Å²) in [6, 6.07) is 9.53. The van der Waals surface area contributed by atoms with Gasteiger partial charge < -0.3 is 10.1 Å². The lowest BCUT2D eigenvalue weighted by molar-refractivity contribution is -0.0113. The lowest BCUT2D eigenvalue weighted by atomic mass is 9.74. The fraction of sp³-hybridized carbons (Fsp3) is 0.684. The van der Waals surface area contributed by atoms with Crippen molar-refractivity contribution >= 4 is 0 Å². The molecule has 2 aliphatic rings. The van der Waals surface area contributed by atoms with Crippen molar-refractivity contribution in [1.29, 1.82) is 0 Å². The molecule has 1 N–H and O–H groups in total. The van der Waals surface area contributed by atoms with Gasteiger partial charge in [-0.15, -0.1) is 0 Å². The highest BCUT2D eigenvalue weighted by Crippen LogP contribution is 2.38. The fourth-order valence-corrected chi connectivity index (χ4v) is 3.76. The van der Waals surface area contributed by atoms with E-state index in [1.54, 1.807) is 5.56 Å². The maximum atomic E-state index is 5.46. The van der Waals surface area contributed by atoms with Crippen LogP contribution in [0.1, 0.15) is 43.7 Å². The first-order chi connectivity index (χ1) is 10.6. The summed E-state index contributed by atoms with van der Waals surface area (Å²) in [5.41, 5.74) is 3.21. The number of morpholine rings is 1. The molecule has 1 aromatic rings. The average Bonchev–Trinajstić information content (AvgIpc) is 2.48. The molecule has 3 rings (SSSR count). The first kappa shape index (κ1) is 16.0. The molecule has 0 aromatic heterocycles. The molecule has 2 fully saturated rings. The molecule has 0 amide bonds. The van der Waals surface area contributed by atoms with Gasteiger partial charge in [0, 0.05) is 31.2 Å². The summed E-state index contributed by atoms with van der Waals surface area (Å²) >= 11 is 0. The number of nitrogens with zero attached hydrogens (tertiary/aromatic N) is 1. The van der Waals surface area contributed by atoms with E-state index in [-0.39, 0.29) is 5.54 Å². The molecule has 1 aliphatic heterocycles. The molecule has 0 radical (unpaired) electrons. The van der Waals surface area contributed by atoms with Crippen molar-refractivity contribution in [2.24, 2.45) is 0 Å². The lowest BCUT2D eigenvalue weighted by Gasteiger charge is -2.44. The van der Waals surface area contributed by atoms with Crippen LogP contribution in [0.4, 0.5) is 0 Å². The highest BCUT2D eigenvalue weighted by molar-refractivity contribution is 5.31. The maximum absolute atomic E-state index is 5.46. The van der Waals surface area contributed by atoms with Crippen molar-refractivity contribution in [3.63, 3.8) is 0 Å². The minimum atomic E-state index is 0.220. The van der Waals surface area contributed by atoms with Crippen LogP contribution in [0.2, 0.25) is 0 Å². The van der Waals surface area contributed by atoms with Crippen molar-refractivity contribution in [2.45, 2.75) is 51.1 Å². The summed E-state index contributed by atoms with van der Waals surface area (Å²) in [6.07, 6.45) is 2.56. The van der Waals surface area contributed by atoms with E-state index >= 15 is 0 Å². The van der Waals surface area contributed by atoms with Crippen LogP contribution in [-0.2, 0) is 4.74 Å². The Kier molecular flexibility index (Phi) is 4.86. The van der Waals surface area contributed by atoms with Crippen molar-refractivity contribution in [2.75, 3.05) is 32.8 Å².